The third kappa shape index (κ3) is 2.76. The Kier molecular flexibility index (Phi) is 3.92. The van der Waals surface area contributed by atoms with E-state index in [9.17, 15) is 4.79 Å². The number of aromatic nitrogens is 3. The van der Waals surface area contributed by atoms with Gasteiger partial charge in [-0.2, -0.15) is 0 Å². The molecular weight excluding hydrogens is 332 g/mol. The van der Waals surface area contributed by atoms with Crippen molar-refractivity contribution in [2.24, 2.45) is 0 Å². The van der Waals surface area contributed by atoms with Crippen molar-refractivity contribution in [3.63, 3.8) is 0 Å². The van der Waals surface area contributed by atoms with Gasteiger partial charge in [-0.25, -0.2) is 9.97 Å². The molecule has 0 N–H and O–H groups in total. The third-order valence-electron chi connectivity index (χ3n) is 4.72. The number of hydrogen-bond donors (Lipinski definition) is 0. The van der Waals surface area contributed by atoms with E-state index < -0.39 is 0 Å². The van der Waals surface area contributed by atoms with Crippen molar-refractivity contribution in [2.75, 3.05) is 0 Å². The summed E-state index contributed by atoms with van der Waals surface area (Å²) in [6.07, 6.45) is 1.88. The number of carbonyl (C=O) groups excluding carboxylic acids is 1. The highest BCUT2D eigenvalue weighted by Crippen LogP contribution is 2.33. The minimum Gasteiger partial charge on any atom is -0.328 e. The minimum absolute atomic E-state index is 0.00379. The van der Waals surface area contributed by atoms with Crippen LogP contribution < -0.4 is 0 Å². The lowest BCUT2D eigenvalue weighted by atomic mass is 10.0. The van der Waals surface area contributed by atoms with Crippen molar-refractivity contribution in [1.82, 2.24) is 19.4 Å². The van der Waals surface area contributed by atoms with E-state index in [2.05, 4.69) is 33.6 Å². The van der Waals surface area contributed by atoms with Crippen LogP contribution in [0, 0.1) is 20.8 Å². The van der Waals surface area contributed by atoms with E-state index in [1.54, 1.807) is 0 Å². The molecule has 0 bridgehead atoms. The maximum Gasteiger partial charge on any atom is 0.266 e. The van der Waals surface area contributed by atoms with Gasteiger partial charge in [0.1, 0.15) is 10.7 Å². The van der Waals surface area contributed by atoms with Crippen LogP contribution in [0.3, 0.4) is 0 Å². The molecule has 0 fully saturated rings. The summed E-state index contributed by atoms with van der Waals surface area (Å²) in [5.74, 6) is 0.987. The standard InChI is InChI=1S/C19H20N4OS/c1-12-9-20-17-11-23(19(24)18-13(2)21-14(3)25-18)16(10-22(12)17)15-7-5-4-6-8-15/h4-9,16H,10-11H2,1-3H3/t16-/m1/s1. The molecule has 1 aromatic carbocycles. The summed E-state index contributed by atoms with van der Waals surface area (Å²) in [4.78, 5) is 24.9. The number of benzene rings is 1. The topological polar surface area (TPSA) is 51.0 Å². The number of amides is 1. The number of rotatable bonds is 2. The Morgan fingerprint density at radius 1 is 1.20 bits per heavy atom. The molecule has 0 radical (unpaired) electrons. The fourth-order valence-electron chi connectivity index (χ4n) is 3.45. The zero-order valence-electron chi connectivity index (χ0n) is 14.6. The van der Waals surface area contributed by atoms with E-state index in [4.69, 9.17) is 0 Å². The zero-order valence-corrected chi connectivity index (χ0v) is 15.4. The van der Waals surface area contributed by atoms with Gasteiger partial charge in [-0.15, -0.1) is 11.3 Å². The first-order valence-corrected chi connectivity index (χ1v) is 9.17. The average Bonchev–Trinajstić information content (AvgIpc) is 3.15. The van der Waals surface area contributed by atoms with Gasteiger partial charge in [0.05, 0.1) is 23.3 Å². The molecule has 2 aromatic heterocycles. The second-order valence-electron chi connectivity index (χ2n) is 6.43. The van der Waals surface area contributed by atoms with Crippen molar-refractivity contribution in [3.05, 3.63) is 69.2 Å². The predicted molar refractivity (Wildman–Crippen MR) is 97.6 cm³/mol. The lowest BCUT2D eigenvalue weighted by Gasteiger charge is -2.37. The Balaban J connectivity index is 1.77. The van der Waals surface area contributed by atoms with Crippen LogP contribution in [-0.4, -0.2) is 25.3 Å². The molecule has 6 heteroatoms. The van der Waals surface area contributed by atoms with Gasteiger partial charge >= 0.3 is 0 Å². The number of aryl methyl sites for hydroxylation is 3. The highest BCUT2D eigenvalue weighted by molar-refractivity contribution is 7.13. The van der Waals surface area contributed by atoms with Gasteiger partial charge in [0.15, 0.2) is 0 Å². The largest absolute Gasteiger partial charge is 0.328 e. The highest BCUT2D eigenvalue weighted by Gasteiger charge is 2.34. The molecule has 5 nitrogen and oxygen atoms in total. The second kappa shape index (κ2) is 6.11. The highest BCUT2D eigenvalue weighted by atomic mass is 32.1. The van der Waals surface area contributed by atoms with Crippen LogP contribution in [0.15, 0.2) is 36.5 Å². The summed E-state index contributed by atoms with van der Waals surface area (Å²) < 4.78 is 2.21. The second-order valence-corrected chi connectivity index (χ2v) is 7.64. The van der Waals surface area contributed by atoms with Gasteiger partial charge in [0.25, 0.3) is 5.91 Å². The quantitative estimate of drug-likeness (QED) is 0.707. The lowest BCUT2D eigenvalue weighted by Crippen LogP contribution is -2.41. The number of imidazole rings is 1. The van der Waals surface area contributed by atoms with Gasteiger partial charge in [0, 0.05) is 18.4 Å². The van der Waals surface area contributed by atoms with Crippen LogP contribution in [0.25, 0.3) is 0 Å². The van der Waals surface area contributed by atoms with Crippen LogP contribution in [-0.2, 0) is 13.1 Å². The number of carbonyl (C=O) groups is 1. The molecule has 0 spiro atoms. The van der Waals surface area contributed by atoms with Gasteiger partial charge in [0.2, 0.25) is 0 Å². The summed E-state index contributed by atoms with van der Waals surface area (Å²) in [7, 11) is 0. The number of thiazole rings is 1. The van der Waals surface area contributed by atoms with E-state index >= 15 is 0 Å². The number of nitrogens with zero attached hydrogens (tertiary/aromatic N) is 4. The smallest absolute Gasteiger partial charge is 0.266 e. The molecule has 3 aromatic rings. The molecule has 128 valence electrons. The Morgan fingerprint density at radius 3 is 2.64 bits per heavy atom. The van der Waals surface area contributed by atoms with Crippen molar-refractivity contribution >= 4 is 17.2 Å². The van der Waals surface area contributed by atoms with Crippen LogP contribution in [0.1, 0.15) is 43.5 Å². The van der Waals surface area contributed by atoms with E-state index in [1.165, 1.54) is 11.3 Å². The van der Waals surface area contributed by atoms with Crippen LogP contribution in [0.5, 0.6) is 0 Å². The molecular formula is C19H20N4OS. The molecule has 0 unspecified atom stereocenters. The predicted octanol–water partition coefficient (Wildman–Crippen LogP) is 3.66. The molecule has 1 aliphatic heterocycles. The molecule has 1 amide bonds. The van der Waals surface area contributed by atoms with Gasteiger partial charge in [-0.05, 0) is 26.3 Å². The molecule has 0 saturated heterocycles. The molecule has 1 aliphatic rings. The Bertz CT molecular complexity index is 928. The molecule has 3 heterocycles. The van der Waals surface area contributed by atoms with Crippen molar-refractivity contribution in [1.29, 1.82) is 0 Å². The lowest BCUT2D eigenvalue weighted by molar-refractivity contribution is 0.0587. The van der Waals surface area contributed by atoms with E-state index in [0.717, 1.165) is 39.2 Å². The normalized spacial score (nSPS) is 16.8. The first-order valence-electron chi connectivity index (χ1n) is 8.35. The first-order chi connectivity index (χ1) is 12.0. The maximum absolute atomic E-state index is 13.3. The Hall–Kier alpha value is -2.47. The third-order valence-corrected chi connectivity index (χ3v) is 5.79. The van der Waals surface area contributed by atoms with Crippen LogP contribution in [0.4, 0.5) is 0 Å². The maximum atomic E-state index is 13.3. The van der Waals surface area contributed by atoms with Crippen LogP contribution in [0.2, 0.25) is 0 Å². The summed E-state index contributed by atoms with van der Waals surface area (Å²) in [6, 6.07) is 10.2. The molecule has 4 rings (SSSR count). The number of fused-ring (bicyclic) bond motifs is 1. The first kappa shape index (κ1) is 16.0. The molecule has 25 heavy (non-hydrogen) atoms. The van der Waals surface area contributed by atoms with Gasteiger partial charge in [-0.3, -0.25) is 4.79 Å². The Morgan fingerprint density at radius 2 is 1.96 bits per heavy atom. The Labute approximate surface area is 151 Å². The summed E-state index contributed by atoms with van der Waals surface area (Å²) >= 11 is 1.47. The fourth-order valence-corrected chi connectivity index (χ4v) is 4.33. The molecule has 1 atom stereocenters. The fraction of sp³-hybridized carbons (Fsp3) is 0.316. The SMILES string of the molecule is Cc1nc(C)c(C(=O)N2Cc3ncc(C)n3C[C@@H]2c2ccccc2)s1. The monoisotopic (exact) mass is 352 g/mol. The van der Waals surface area contributed by atoms with E-state index in [1.807, 2.05) is 43.1 Å². The van der Waals surface area contributed by atoms with Gasteiger partial charge < -0.3 is 9.47 Å². The van der Waals surface area contributed by atoms with Gasteiger partial charge in [-0.1, -0.05) is 30.3 Å². The summed E-state index contributed by atoms with van der Waals surface area (Å²) in [5.41, 5.74) is 3.09. The summed E-state index contributed by atoms with van der Waals surface area (Å²) in [6.45, 7) is 7.15. The minimum atomic E-state index is -0.00379. The van der Waals surface area contributed by atoms with Crippen molar-refractivity contribution < 1.29 is 4.79 Å². The van der Waals surface area contributed by atoms with E-state index in [-0.39, 0.29) is 11.9 Å². The van der Waals surface area contributed by atoms with E-state index in [0.29, 0.717) is 6.54 Å². The van der Waals surface area contributed by atoms with Crippen molar-refractivity contribution in [3.8, 4) is 0 Å². The average molecular weight is 352 g/mol. The summed E-state index contributed by atoms with van der Waals surface area (Å²) in [5, 5.41) is 0.923. The molecule has 0 aliphatic carbocycles. The zero-order chi connectivity index (χ0) is 17.6. The van der Waals surface area contributed by atoms with Crippen LogP contribution >= 0.6 is 11.3 Å². The van der Waals surface area contributed by atoms with Crippen molar-refractivity contribution in [2.45, 2.75) is 39.9 Å². The number of hydrogen-bond acceptors (Lipinski definition) is 4. The molecule has 0 saturated carbocycles.